The number of ether oxygens (including phenoxy) is 2. The van der Waals surface area contributed by atoms with Crippen LogP contribution in [0.2, 0.25) is 0 Å². The minimum atomic E-state index is 0.786. The molecule has 0 fully saturated rings. The van der Waals surface area contributed by atoms with Crippen molar-refractivity contribution in [1.82, 2.24) is 4.98 Å². The van der Waals surface area contributed by atoms with Gasteiger partial charge in [-0.05, 0) is 35.9 Å². The van der Waals surface area contributed by atoms with Gasteiger partial charge in [0, 0.05) is 11.6 Å². The minimum Gasteiger partial charge on any atom is -0.496 e. The van der Waals surface area contributed by atoms with E-state index in [0.717, 1.165) is 33.5 Å². The van der Waals surface area contributed by atoms with Crippen LogP contribution < -0.4 is 9.47 Å². The van der Waals surface area contributed by atoms with Crippen LogP contribution in [0.5, 0.6) is 11.5 Å². The molecule has 0 unspecified atom stereocenters. The predicted octanol–water partition coefficient (Wildman–Crippen LogP) is 4.42. The number of fused-ring (bicyclic) bond motifs is 1. The molecule has 0 aliphatic rings. The molecule has 0 aliphatic heterocycles. The van der Waals surface area contributed by atoms with Crippen LogP contribution in [0.1, 0.15) is 11.1 Å². The standard InChI is InChI=1S/C19H17NO2/c1-21-18-8-5-9-19(22-2)16(18)11-10-14-12-13-20-17-7-4-3-6-15(14)17/h3-13H,1-2H3/b11-10-. The number of aromatic nitrogens is 1. The number of hydrogen-bond acceptors (Lipinski definition) is 3. The summed E-state index contributed by atoms with van der Waals surface area (Å²) in [5, 5.41) is 1.12. The van der Waals surface area contributed by atoms with Crippen molar-refractivity contribution in [1.29, 1.82) is 0 Å². The quantitative estimate of drug-likeness (QED) is 0.713. The molecule has 0 atom stereocenters. The molecule has 0 saturated heterocycles. The molecule has 2 aromatic carbocycles. The maximum absolute atomic E-state index is 5.42. The molecule has 22 heavy (non-hydrogen) atoms. The van der Waals surface area contributed by atoms with Gasteiger partial charge < -0.3 is 9.47 Å². The third kappa shape index (κ3) is 2.66. The summed E-state index contributed by atoms with van der Waals surface area (Å²) in [5.41, 5.74) is 3.02. The van der Waals surface area contributed by atoms with Crippen molar-refractivity contribution in [3.63, 3.8) is 0 Å². The van der Waals surface area contributed by atoms with Crippen molar-refractivity contribution in [3.05, 3.63) is 65.9 Å². The first kappa shape index (κ1) is 14.1. The van der Waals surface area contributed by atoms with Gasteiger partial charge in [0.25, 0.3) is 0 Å². The van der Waals surface area contributed by atoms with Crippen LogP contribution in [0.3, 0.4) is 0 Å². The van der Waals surface area contributed by atoms with Crippen LogP contribution in [-0.4, -0.2) is 19.2 Å². The Morgan fingerprint density at radius 3 is 2.27 bits per heavy atom. The Kier molecular flexibility index (Phi) is 4.05. The molecule has 0 aliphatic carbocycles. The van der Waals surface area contributed by atoms with Gasteiger partial charge in [0.1, 0.15) is 11.5 Å². The molecule has 0 spiro atoms. The molecule has 0 amide bonds. The van der Waals surface area contributed by atoms with E-state index >= 15 is 0 Å². The Bertz CT molecular complexity index is 797. The number of pyridine rings is 1. The number of para-hydroxylation sites is 1. The Labute approximate surface area is 129 Å². The Morgan fingerprint density at radius 1 is 0.818 bits per heavy atom. The minimum absolute atomic E-state index is 0.786. The van der Waals surface area contributed by atoms with Crippen molar-refractivity contribution in [2.75, 3.05) is 14.2 Å². The third-order valence-electron chi connectivity index (χ3n) is 3.58. The van der Waals surface area contributed by atoms with Crippen molar-refractivity contribution in [2.24, 2.45) is 0 Å². The van der Waals surface area contributed by atoms with Crippen LogP contribution in [-0.2, 0) is 0 Å². The van der Waals surface area contributed by atoms with Crippen LogP contribution in [0.15, 0.2) is 54.7 Å². The zero-order chi connectivity index (χ0) is 15.4. The lowest BCUT2D eigenvalue weighted by Crippen LogP contribution is -1.91. The Balaban J connectivity index is 2.07. The van der Waals surface area contributed by atoms with Gasteiger partial charge in [0.15, 0.2) is 0 Å². The molecule has 0 N–H and O–H groups in total. The highest BCUT2D eigenvalue weighted by Gasteiger charge is 2.06. The zero-order valence-electron chi connectivity index (χ0n) is 12.6. The van der Waals surface area contributed by atoms with E-state index in [1.807, 2.05) is 54.7 Å². The summed E-state index contributed by atoms with van der Waals surface area (Å²) in [6.45, 7) is 0. The monoisotopic (exact) mass is 291 g/mol. The topological polar surface area (TPSA) is 31.4 Å². The van der Waals surface area contributed by atoms with E-state index in [1.54, 1.807) is 14.2 Å². The summed E-state index contributed by atoms with van der Waals surface area (Å²) in [6, 6.07) is 15.9. The molecular formula is C19H17NO2. The summed E-state index contributed by atoms with van der Waals surface area (Å²) >= 11 is 0. The highest BCUT2D eigenvalue weighted by atomic mass is 16.5. The van der Waals surface area contributed by atoms with Crippen LogP contribution >= 0.6 is 0 Å². The highest BCUT2D eigenvalue weighted by Crippen LogP contribution is 2.30. The van der Waals surface area contributed by atoms with E-state index in [-0.39, 0.29) is 0 Å². The molecule has 1 aromatic heterocycles. The van der Waals surface area contributed by atoms with E-state index < -0.39 is 0 Å². The van der Waals surface area contributed by atoms with Crippen molar-refractivity contribution in [3.8, 4) is 11.5 Å². The highest BCUT2D eigenvalue weighted by molar-refractivity contribution is 5.91. The molecule has 110 valence electrons. The van der Waals surface area contributed by atoms with Gasteiger partial charge >= 0.3 is 0 Å². The fourth-order valence-electron chi connectivity index (χ4n) is 2.48. The lowest BCUT2D eigenvalue weighted by atomic mass is 10.1. The first-order chi connectivity index (χ1) is 10.8. The first-order valence-corrected chi connectivity index (χ1v) is 7.06. The van der Waals surface area contributed by atoms with E-state index in [2.05, 4.69) is 17.1 Å². The number of nitrogens with zero attached hydrogens (tertiary/aromatic N) is 1. The fraction of sp³-hybridized carbons (Fsp3) is 0.105. The molecule has 3 aromatic rings. The molecule has 0 radical (unpaired) electrons. The van der Waals surface area contributed by atoms with Crippen LogP contribution in [0.4, 0.5) is 0 Å². The second kappa shape index (κ2) is 6.31. The molecular weight excluding hydrogens is 274 g/mol. The number of methoxy groups -OCH3 is 2. The normalized spacial score (nSPS) is 11.0. The van der Waals surface area contributed by atoms with Crippen molar-refractivity contribution >= 4 is 23.1 Å². The van der Waals surface area contributed by atoms with Gasteiger partial charge in [-0.2, -0.15) is 0 Å². The third-order valence-corrected chi connectivity index (χ3v) is 3.58. The zero-order valence-corrected chi connectivity index (χ0v) is 12.6. The maximum atomic E-state index is 5.42. The largest absolute Gasteiger partial charge is 0.496 e. The summed E-state index contributed by atoms with van der Waals surface area (Å²) < 4.78 is 10.8. The fourth-order valence-corrected chi connectivity index (χ4v) is 2.48. The molecule has 3 nitrogen and oxygen atoms in total. The number of hydrogen-bond donors (Lipinski definition) is 0. The molecule has 0 saturated carbocycles. The van der Waals surface area contributed by atoms with E-state index in [4.69, 9.17) is 9.47 Å². The number of benzene rings is 2. The Morgan fingerprint density at radius 2 is 1.55 bits per heavy atom. The van der Waals surface area contributed by atoms with Gasteiger partial charge in [0.05, 0.1) is 25.3 Å². The SMILES string of the molecule is COc1cccc(OC)c1/C=C\c1ccnc2ccccc12. The van der Waals surface area contributed by atoms with Crippen molar-refractivity contribution < 1.29 is 9.47 Å². The summed E-state index contributed by atoms with van der Waals surface area (Å²) in [5.74, 6) is 1.57. The summed E-state index contributed by atoms with van der Waals surface area (Å²) in [6.07, 6.45) is 5.89. The second-order valence-electron chi connectivity index (χ2n) is 4.83. The van der Waals surface area contributed by atoms with Crippen molar-refractivity contribution in [2.45, 2.75) is 0 Å². The average Bonchev–Trinajstić information content (AvgIpc) is 2.59. The van der Waals surface area contributed by atoms with Crippen LogP contribution in [0.25, 0.3) is 23.1 Å². The Hall–Kier alpha value is -2.81. The average molecular weight is 291 g/mol. The van der Waals surface area contributed by atoms with E-state index in [9.17, 15) is 0 Å². The van der Waals surface area contributed by atoms with E-state index in [1.165, 1.54) is 0 Å². The summed E-state index contributed by atoms with van der Waals surface area (Å²) in [4.78, 5) is 4.38. The molecule has 1 heterocycles. The molecule has 3 rings (SSSR count). The maximum Gasteiger partial charge on any atom is 0.129 e. The van der Waals surface area contributed by atoms with Gasteiger partial charge in [-0.1, -0.05) is 30.3 Å². The smallest absolute Gasteiger partial charge is 0.129 e. The predicted molar refractivity (Wildman–Crippen MR) is 90.2 cm³/mol. The lowest BCUT2D eigenvalue weighted by molar-refractivity contribution is 0.392. The van der Waals surface area contributed by atoms with Gasteiger partial charge in [-0.3, -0.25) is 4.98 Å². The van der Waals surface area contributed by atoms with Gasteiger partial charge in [-0.25, -0.2) is 0 Å². The second-order valence-corrected chi connectivity index (χ2v) is 4.83. The molecule has 0 bridgehead atoms. The summed E-state index contributed by atoms with van der Waals surface area (Å²) in [7, 11) is 3.32. The number of rotatable bonds is 4. The van der Waals surface area contributed by atoms with Crippen LogP contribution in [0, 0.1) is 0 Å². The van der Waals surface area contributed by atoms with Gasteiger partial charge in [0.2, 0.25) is 0 Å². The lowest BCUT2D eigenvalue weighted by Gasteiger charge is -2.09. The van der Waals surface area contributed by atoms with Gasteiger partial charge in [-0.15, -0.1) is 0 Å². The van der Waals surface area contributed by atoms with E-state index in [0.29, 0.717) is 0 Å². The first-order valence-electron chi connectivity index (χ1n) is 7.06. The molecule has 3 heteroatoms.